The first-order valence-electron chi connectivity index (χ1n) is 9.71. The minimum Gasteiger partial charge on any atom is -0.451 e. The van der Waals surface area contributed by atoms with Gasteiger partial charge in [-0.2, -0.15) is 4.31 Å². The van der Waals surface area contributed by atoms with E-state index < -0.39 is 21.7 Å². The lowest BCUT2D eigenvalue weighted by Crippen LogP contribution is -2.40. The summed E-state index contributed by atoms with van der Waals surface area (Å²) < 4.78 is 51.9. The zero-order chi connectivity index (χ0) is 22.0. The second kappa shape index (κ2) is 8.62. The van der Waals surface area contributed by atoms with E-state index in [1.165, 1.54) is 34.6 Å². The summed E-state index contributed by atoms with van der Waals surface area (Å²) in [4.78, 5) is 12.8. The highest BCUT2D eigenvalue weighted by molar-refractivity contribution is 7.89. The molecular weight excluding hydrogens is 423 g/mol. The topological polar surface area (TPSA) is 88.9 Å². The van der Waals surface area contributed by atoms with Crippen molar-refractivity contribution in [3.63, 3.8) is 0 Å². The third-order valence-corrected chi connectivity index (χ3v) is 6.93. The van der Waals surface area contributed by atoms with Crippen LogP contribution in [-0.2, 0) is 14.8 Å². The lowest BCUT2D eigenvalue weighted by molar-refractivity contribution is 0.0730. The minimum absolute atomic E-state index is 0.0147. The predicted octanol–water partition coefficient (Wildman–Crippen LogP) is 3.67. The summed E-state index contributed by atoms with van der Waals surface area (Å²) >= 11 is 0. The lowest BCUT2D eigenvalue weighted by Gasteiger charge is -2.26. The zero-order valence-electron chi connectivity index (χ0n) is 16.8. The van der Waals surface area contributed by atoms with Gasteiger partial charge in [-0.3, -0.25) is 4.79 Å². The van der Waals surface area contributed by atoms with E-state index in [4.69, 9.17) is 9.15 Å². The molecule has 4 rings (SSSR count). The number of nitrogens with one attached hydrogen (secondary N) is 1. The average molecular weight is 444 g/mol. The first kappa shape index (κ1) is 21.2. The number of carbonyl (C=O) groups excluding carboxylic acids is 1. The van der Waals surface area contributed by atoms with Gasteiger partial charge >= 0.3 is 0 Å². The summed E-state index contributed by atoms with van der Waals surface area (Å²) in [6.45, 7) is 3.01. The fourth-order valence-corrected chi connectivity index (χ4v) is 4.72. The fourth-order valence-electron chi connectivity index (χ4n) is 3.28. The Bertz CT molecular complexity index is 1220. The molecule has 1 aliphatic rings. The van der Waals surface area contributed by atoms with E-state index in [2.05, 4.69) is 5.32 Å². The van der Waals surface area contributed by atoms with E-state index >= 15 is 0 Å². The number of hydrogen-bond acceptors (Lipinski definition) is 5. The number of rotatable bonds is 5. The van der Waals surface area contributed by atoms with Crippen molar-refractivity contribution in [1.82, 2.24) is 4.31 Å². The maximum Gasteiger partial charge on any atom is 0.291 e. The summed E-state index contributed by atoms with van der Waals surface area (Å²) in [5, 5.41) is 2.69. The highest BCUT2D eigenvalue weighted by atomic mass is 32.2. The largest absolute Gasteiger partial charge is 0.451 e. The van der Waals surface area contributed by atoms with Gasteiger partial charge in [-0.05, 0) is 48.9 Å². The average Bonchev–Trinajstić information content (AvgIpc) is 3.26. The molecule has 0 radical (unpaired) electrons. The van der Waals surface area contributed by atoms with Crippen LogP contribution in [0.15, 0.2) is 63.9 Å². The number of nitrogens with zero attached hydrogens (tertiary/aromatic N) is 1. The third kappa shape index (κ3) is 4.39. The van der Waals surface area contributed by atoms with Gasteiger partial charge in [0.2, 0.25) is 10.0 Å². The van der Waals surface area contributed by atoms with Gasteiger partial charge in [0, 0.05) is 18.8 Å². The van der Waals surface area contributed by atoms with Crippen molar-refractivity contribution in [2.75, 3.05) is 31.6 Å². The van der Waals surface area contributed by atoms with E-state index in [1.807, 2.05) is 0 Å². The quantitative estimate of drug-likeness (QED) is 0.649. The number of carbonyl (C=O) groups is 1. The van der Waals surface area contributed by atoms with Crippen LogP contribution in [0, 0.1) is 12.7 Å². The molecule has 1 amide bonds. The Balaban J connectivity index is 1.56. The highest BCUT2D eigenvalue weighted by Gasteiger charge is 2.27. The van der Waals surface area contributed by atoms with Gasteiger partial charge in [-0.25, -0.2) is 12.8 Å². The minimum atomic E-state index is -3.70. The van der Waals surface area contributed by atoms with Crippen LogP contribution in [0.25, 0.3) is 11.3 Å². The van der Waals surface area contributed by atoms with E-state index in [9.17, 15) is 17.6 Å². The Morgan fingerprint density at radius 1 is 1.06 bits per heavy atom. The summed E-state index contributed by atoms with van der Waals surface area (Å²) in [5.74, 6) is -0.810. The Morgan fingerprint density at radius 3 is 2.55 bits per heavy atom. The summed E-state index contributed by atoms with van der Waals surface area (Å²) in [5.41, 5.74) is 1.29. The molecule has 1 aliphatic heterocycles. The molecule has 2 aromatic carbocycles. The maximum atomic E-state index is 14.0. The number of amides is 1. The molecule has 1 fully saturated rings. The maximum absolute atomic E-state index is 14.0. The SMILES string of the molecule is Cc1ccc(S(=O)(=O)N2CCOCC2)cc1NC(=O)c1ccc(-c2ccccc2F)o1. The Labute approximate surface area is 179 Å². The molecule has 0 atom stereocenters. The molecule has 2 heterocycles. The molecule has 31 heavy (non-hydrogen) atoms. The standard InChI is InChI=1S/C22H21FN2O5S/c1-15-6-7-16(31(27,28)25-10-12-29-13-11-25)14-19(15)24-22(26)21-9-8-20(30-21)17-4-2-3-5-18(17)23/h2-9,14H,10-13H2,1H3,(H,24,26). The van der Waals surface area contributed by atoms with Crippen molar-refractivity contribution in [2.24, 2.45) is 0 Å². The van der Waals surface area contributed by atoms with Gasteiger partial charge in [-0.15, -0.1) is 0 Å². The molecule has 162 valence electrons. The number of benzene rings is 2. The predicted molar refractivity (Wildman–Crippen MR) is 113 cm³/mol. The van der Waals surface area contributed by atoms with Crippen LogP contribution < -0.4 is 5.32 Å². The van der Waals surface area contributed by atoms with Crippen molar-refractivity contribution >= 4 is 21.6 Å². The summed E-state index contributed by atoms with van der Waals surface area (Å²) in [6, 6.07) is 13.6. The van der Waals surface area contributed by atoms with E-state index in [0.717, 1.165) is 0 Å². The van der Waals surface area contributed by atoms with E-state index in [0.29, 0.717) is 24.5 Å². The smallest absolute Gasteiger partial charge is 0.291 e. The normalized spacial score (nSPS) is 15.0. The van der Waals surface area contributed by atoms with Crippen LogP contribution in [0.3, 0.4) is 0 Å². The third-order valence-electron chi connectivity index (χ3n) is 5.03. The van der Waals surface area contributed by atoms with Crippen molar-refractivity contribution < 1.29 is 26.8 Å². The van der Waals surface area contributed by atoms with E-state index in [1.54, 1.807) is 31.2 Å². The monoisotopic (exact) mass is 444 g/mol. The number of ether oxygens (including phenoxy) is 1. The van der Waals surface area contributed by atoms with Crippen LogP contribution in [0.5, 0.6) is 0 Å². The van der Waals surface area contributed by atoms with Crippen molar-refractivity contribution in [3.05, 3.63) is 71.7 Å². The number of hydrogen-bond donors (Lipinski definition) is 1. The van der Waals surface area contributed by atoms with Gasteiger partial charge < -0.3 is 14.5 Å². The highest BCUT2D eigenvalue weighted by Crippen LogP contribution is 2.27. The number of furan rings is 1. The Kier molecular flexibility index (Phi) is 5.90. The van der Waals surface area contributed by atoms with Crippen LogP contribution in [0.4, 0.5) is 10.1 Å². The Morgan fingerprint density at radius 2 is 1.81 bits per heavy atom. The second-order valence-corrected chi connectivity index (χ2v) is 9.03. The molecule has 1 aromatic heterocycles. The first-order valence-corrected chi connectivity index (χ1v) is 11.1. The molecule has 7 nitrogen and oxygen atoms in total. The van der Waals surface area contributed by atoms with Crippen molar-refractivity contribution in [3.8, 4) is 11.3 Å². The van der Waals surface area contributed by atoms with Crippen LogP contribution in [0.1, 0.15) is 16.1 Å². The molecule has 3 aromatic rings. The number of morpholine rings is 1. The lowest BCUT2D eigenvalue weighted by atomic mass is 10.1. The number of sulfonamides is 1. The van der Waals surface area contributed by atoms with Gasteiger partial charge in [0.05, 0.1) is 23.7 Å². The Hall–Kier alpha value is -3.01. The zero-order valence-corrected chi connectivity index (χ0v) is 17.6. The molecule has 1 saturated heterocycles. The number of halogens is 1. The van der Waals surface area contributed by atoms with Gasteiger partial charge in [0.25, 0.3) is 5.91 Å². The summed E-state index contributed by atoms with van der Waals surface area (Å²) in [7, 11) is -3.70. The van der Waals surface area contributed by atoms with Crippen LogP contribution >= 0.6 is 0 Å². The molecule has 1 N–H and O–H groups in total. The van der Waals surface area contributed by atoms with Gasteiger partial charge in [0.15, 0.2) is 5.76 Å². The molecule has 0 aliphatic carbocycles. The number of anilines is 1. The van der Waals surface area contributed by atoms with Gasteiger partial charge in [-0.1, -0.05) is 18.2 Å². The van der Waals surface area contributed by atoms with Crippen molar-refractivity contribution in [2.45, 2.75) is 11.8 Å². The van der Waals surface area contributed by atoms with Crippen LogP contribution in [-0.4, -0.2) is 44.9 Å². The molecule has 0 unspecified atom stereocenters. The second-order valence-electron chi connectivity index (χ2n) is 7.09. The van der Waals surface area contributed by atoms with Gasteiger partial charge in [0.1, 0.15) is 11.6 Å². The molecule has 0 saturated carbocycles. The fraction of sp³-hybridized carbons (Fsp3) is 0.227. The van der Waals surface area contributed by atoms with Crippen LogP contribution in [0.2, 0.25) is 0 Å². The summed E-state index contributed by atoms with van der Waals surface area (Å²) in [6.07, 6.45) is 0. The molecule has 9 heteroatoms. The molecule has 0 bridgehead atoms. The number of aryl methyl sites for hydroxylation is 1. The van der Waals surface area contributed by atoms with E-state index in [-0.39, 0.29) is 35.1 Å². The van der Waals surface area contributed by atoms with Crippen molar-refractivity contribution in [1.29, 1.82) is 0 Å². The molecule has 0 spiro atoms. The molecular formula is C22H21FN2O5S. The first-order chi connectivity index (χ1) is 14.9.